The van der Waals surface area contributed by atoms with Gasteiger partial charge in [0, 0.05) is 30.6 Å². The second kappa shape index (κ2) is 8.93. The summed E-state index contributed by atoms with van der Waals surface area (Å²) >= 11 is 0. The molecule has 3 aliphatic rings. The highest BCUT2D eigenvalue weighted by atomic mass is 16.7. The molecule has 2 aliphatic carbocycles. The first-order valence-electron chi connectivity index (χ1n) is 11.5. The first-order chi connectivity index (χ1) is 15.6. The fourth-order valence-electron chi connectivity index (χ4n) is 6.01. The van der Waals surface area contributed by atoms with E-state index in [1.165, 1.54) is 12.0 Å². The van der Waals surface area contributed by atoms with Crippen molar-refractivity contribution in [3.63, 3.8) is 0 Å². The number of carboxylic acid groups (broad SMARTS) is 1. The Morgan fingerprint density at radius 1 is 1.12 bits per heavy atom. The van der Waals surface area contributed by atoms with Crippen LogP contribution in [0.5, 0.6) is 0 Å². The van der Waals surface area contributed by atoms with Gasteiger partial charge in [-0.1, -0.05) is 78.9 Å². The fourth-order valence-corrected chi connectivity index (χ4v) is 6.01. The fraction of sp³-hybridized carbons (Fsp3) is 0.370. The molecular weight excluding hydrogens is 400 g/mol. The Morgan fingerprint density at radius 3 is 2.56 bits per heavy atom. The minimum Gasteiger partial charge on any atom is -0.450 e. The molecule has 1 heterocycles. The van der Waals surface area contributed by atoms with Gasteiger partial charge in [0.2, 0.25) is 0 Å². The molecule has 2 aromatic rings. The quantitative estimate of drug-likeness (QED) is 0.646. The lowest BCUT2D eigenvalue weighted by Crippen LogP contribution is -2.45. The summed E-state index contributed by atoms with van der Waals surface area (Å²) < 4.78 is 5.34. The topological polar surface area (TPSA) is 61.8 Å². The second-order valence-electron chi connectivity index (χ2n) is 9.14. The molecule has 5 heteroatoms. The van der Waals surface area contributed by atoms with E-state index in [0.29, 0.717) is 30.0 Å². The van der Waals surface area contributed by atoms with Crippen LogP contribution < -0.4 is 5.32 Å². The van der Waals surface area contributed by atoms with E-state index in [1.807, 2.05) is 30.3 Å². The number of likely N-dealkylation sites (tertiary alicyclic amines) is 1. The Hall–Kier alpha value is -2.89. The van der Waals surface area contributed by atoms with E-state index in [0.717, 1.165) is 24.1 Å². The van der Waals surface area contributed by atoms with E-state index in [1.54, 1.807) is 0 Å². The number of benzene rings is 2. The van der Waals surface area contributed by atoms with Crippen molar-refractivity contribution < 1.29 is 14.6 Å². The number of likely N-dealkylation sites (N-methyl/N-ethyl adjacent to an activating group) is 1. The van der Waals surface area contributed by atoms with E-state index in [-0.39, 0.29) is 0 Å². The number of nitrogens with zero attached hydrogens (tertiary/aromatic N) is 1. The van der Waals surface area contributed by atoms with Crippen LogP contribution in [-0.4, -0.2) is 41.3 Å². The molecule has 2 fully saturated rings. The SMILES string of the molecule is CN1C2C=CC(C(OC(=O)O)c3ccccc3)=CC2C2CCC(NCc3ccccc3)C21. The minimum atomic E-state index is -1.25. The van der Waals surface area contributed by atoms with Crippen LogP contribution in [0.2, 0.25) is 0 Å². The maximum atomic E-state index is 11.4. The van der Waals surface area contributed by atoms with Crippen molar-refractivity contribution in [2.45, 2.75) is 43.6 Å². The average Bonchev–Trinajstić information content (AvgIpc) is 3.36. The molecule has 0 radical (unpaired) electrons. The lowest BCUT2D eigenvalue weighted by Gasteiger charge is -2.31. The zero-order valence-corrected chi connectivity index (χ0v) is 18.3. The van der Waals surface area contributed by atoms with Gasteiger partial charge in [0.1, 0.15) is 0 Å². The highest BCUT2D eigenvalue weighted by Crippen LogP contribution is 2.48. The van der Waals surface area contributed by atoms with Gasteiger partial charge in [-0.05, 0) is 42.5 Å². The Morgan fingerprint density at radius 2 is 1.84 bits per heavy atom. The summed E-state index contributed by atoms with van der Waals surface area (Å²) in [6.07, 6.45) is 7.09. The third-order valence-corrected chi connectivity index (χ3v) is 7.40. The van der Waals surface area contributed by atoms with Crippen molar-refractivity contribution in [1.29, 1.82) is 0 Å². The van der Waals surface area contributed by atoms with Crippen molar-refractivity contribution in [2.24, 2.45) is 11.8 Å². The van der Waals surface area contributed by atoms with Crippen molar-refractivity contribution in [3.05, 3.63) is 95.6 Å². The van der Waals surface area contributed by atoms with Gasteiger partial charge in [0.25, 0.3) is 0 Å². The van der Waals surface area contributed by atoms with Crippen molar-refractivity contribution in [2.75, 3.05) is 7.05 Å². The average molecular weight is 431 g/mol. The standard InChI is InChI=1S/C27H30N2O3/c1-29-24-15-12-20(26(32-27(30)31)19-10-6-3-7-11-19)16-22(24)21-13-14-23(25(21)29)28-17-18-8-4-2-5-9-18/h2-12,15-16,21-26,28H,13-14,17H2,1H3,(H,30,31). The molecule has 166 valence electrons. The van der Waals surface area contributed by atoms with E-state index >= 15 is 0 Å². The van der Waals surface area contributed by atoms with Gasteiger partial charge in [-0.3, -0.25) is 4.90 Å². The van der Waals surface area contributed by atoms with Crippen LogP contribution in [0.25, 0.3) is 0 Å². The monoisotopic (exact) mass is 430 g/mol. The highest BCUT2D eigenvalue weighted by molar-refractivity contribution is 5.58. The molecule has 6 atom stereocenters. The highest BCUT2D eigenvalue weighted by Gasteiger charge is 2.52. The summed E-state index contributed by atoms with van der Waals surface area (Å²) in [5.41, 5.74) is 3.11. The predicted molar refractivity (Wildman–Crippen MR) is 124 cm³/mol. The number of ether oxygens (including phenoxy) is 1. The van der Waals surface area contributed by atoms with Gasteiger partial charge in [0.05, 0.1) is 0 Å². The number of hydrogen-bond acceptors (Lipinski definition) is 4. The van der Waals surface area contributed by atoms with Gasteiger partial charge in [-0.25, -0.2) is 4.79 Å². The van der Waals surface area contributed by atoms with Gasteiger partial charge in [-0.15, -0.1) is 0 Å². The van der Waals surface area contributed by atoms with Crippen LogP contribution in [0.4, 0.5) is 4.79 Å². The molecule has 0 aromatic heterocycles. The van der Waals surface area contributed by atoms with E-state index < -0.39 is 12.3 Å². The molecule has 0 amide bonds. The zero-order valence-electron chi connectivity index (χ0n) is 18.3. The molecule has 6 unspecified atom stereocenters. The Labute approximate surface area is 189 Å². The zero-order chi connectivity index (χ0) is 22.1. The smallest absolute Gasteiger partial charge is 0.450 e. The minimum absolute atomic E-state index is 0.344. The number of hydrogen-bond donors (Lipinski definition) is 2. The van der Waals surface area contributed by atoms with Crippen molar-refractivity contribution in [3.8, 4) is 0 Å². The van der Waals surface area contributed by atoms with Crippen LogP contribution in [0, 0.1) is 11.8 Å². The summed E-state index contributed by atoms with van der Waals surface area (Å²) in [4.78, 5) is 13.9. The lowest BCUT2D eigenvalue weighted by atomic mass is 9.81. The van der Waals surface area contributed by atoms with Gasteiger partial charge in [0.15, 0.2) is 6.10 Å². The van der Waals surface area contributed by atoms with Crippen LogP contribution in [0.1, 0.15) is 30.1 Å². The van der Waals surface area contributed by atoms with Gasteiger partial charge >= 0.3 is 6.16 Å². The summed E-state index contributed by atoms with van der Waals surface area (Å²) in [6, 6.07) is 21.5. The summed E-state index contributed by atoms with van der Waals surface area (Å²) in [5.74, 6) is 0.927. The van der Waals surface area contributed by atoms with E-state index in [2.05, 4.69) is 65.8 Å². The molecular formula is C27H30N2O3. The maximum Gasteiger partial charge on any atom is 0.506 e. The van der Waals surface area contributed by atoms with Crippen LogP contribution in [0.15, 0.2) is 84.5 Å². The van der Waals surface area contributed by atoms with Crippen molar-refractivity contribution in [1.82, 2.24) is 10.2 Å². The molecule has 5 nitrogen and oxygen atoms in total. The summed E-state index contributed by atoms with van der Waals surface area (Å²) in [6.45, 7) is 0.886. The van der Waals surface area contributed by atoms with Gasteiger partial charge < -0.3 is 15.2 Å². The number of fused-ring (bicyclic) bond motifs is 3. The molecule has 0 bridgehead atoms. The molecule has 0 spiro atoms. The van der Waals surface area contributed by atoms with Crippen LogP contribution in [0.3, 0.4) is 0 Å². The Kier molecular flexibility index (Phi) is 5.85. The predicted octanol–water partition coefficient (Wildman–Crippen LogP) is 4.79. The summed E-state index contributed by atoms with van der Waals surface area (Å²) in [7, 11) is 2.23. The Bertz CT molecular complexity index is 1000. The third kappa shape index (κ3) is 3.98. The number of rotatable bonds is 6. The number of carbonyl (C=O) groups is 1. The molecule has 2 aromatic carbocycles. The molecule has 32 heavy (non-hydrogen) atoms. The normalized spacial score (nSPS) is 29.8. The molecule has 1 saturated carbocycles. The summed E-state index contributed by atoms with van der Waals surface area (Å²) in [5, 5.41) is 13.2. The van der Waals surface area contributed by atoms with Crippen LogP contribution in [-0.2, 0) is 11.3 Å². The van der Waals surface area contributed by atoms with Crippen LogP contribution >= 0.6 is 0 Å². The van der Waals surface area contributed by atoms with E-state index in [4.69, 9.17) is 4.74 Å². The maximum absolute atomic E-state index is 11.4. The van der Waals surface area contributed by atoms with Gasteiger partial charge in [-0.2, -0.15) is 0 Å². The van der Waals surface area contributed by atoms with E-state index in [9.17, 15) is 9.90 Å². The second-order valence-corrected chi connectivity index (χ2v) is 9.14. The molecule has 5 rings (SSSR count). The van der Waals surface area contributed by atoms with Crippen molar-refractivity contribution >= 4 is 6.16 Å². The first kappa shape index (κ1) is 21.0. The third-order valence-electron chi connectivity index (χ3n) is 7.40. The molecule has 1 aliphatic heterocycles. The lowest BCUT2D eigenvalue weighted by molar-refractivity contribution is 0.0655. The number of nitrogens with one attached hydrogen (secondary N) is 1. The molecule has 1 saturated heterocycles. The Balaban J connectivity index is 1.35. The largest absolute Gasteiger partial charge is 0.506 e. The molecule has 2 N–H and O–H groups in total. The first-order valence-corrected chi connectivity index (χ1v) is 11.5.